The predicted molar refractivity (Wildman–Crippen MR) is 103 cm³/mol. The molecule has 0 saturated heterocycles. The average Bonchev–Trinajstić information content (AvgIpc) is 2.64. The second kappa shape index (κ2) is 5.05. The van der Waals surface area contributed by atoms with E-state index in [1.54, 1.807) is 0 Å². The van der Waals surface area contributed by atoms with Crippen LogP contribution in [0.4, 0.5) is 0 Å². The maximum Gasteiger partial charge on any atom is 0.0564 e. The quantitative estimate of drug-likeness (QED) is 0.490. The summed E-state index contributed by atoms with van der Waals surface area (Å²) in [5.41, 5.74) is 11.6. The third kappa shape index (κ3) is 1.85. The van der Waals surface area contributed by atoms with Crippen LogP contribution in [0.1, 0.15) is 22.7 Å². The molecule has 0 aromatic heterocycles. The molecule has 0 bridgehead atoms. The number of rotatable bonds is 1. The Labute approximate surface area is 141 Å². The molecule has 4 aromatic rings. The fourth-order valence-electron chi connectivity index (χ4n) is 3.93. The lowest BCUT2D eigenvalue weighted by molar-refractivity contribution is 0.944. The highest BCUT2D eigenvalue weighted by molar-refractivity contribution is 6.06. The van der Waals surface area contributed by atoms with E-state index in [4.69, 9.17) is 5.73 Å². The largest absolute Gasteiger partial charge is 0.320 e. The van der Waals surface area contributed by atoms with Crippen LogP contribution >= 0.6 is 0 Å². The van der Waals surface area contributed by atoms with E-state index in [2.05, 4.69) is 84.9 Å². The molecule has 1 unspecified atom stereocenters. The van der Waals surface area contributed by atoms with Crippen molar-refractivity contribution in [3.05, 3.63) is 95.6 Å². The zero-order valence-corrected chi connectivity index (χ0v) is 13.2. The van der Waals surface area contributed by atoms with Gasteiger partial charge in [-0.1, -0.05) is 78.9 Å². The summed E-state index contributed by atoms with van der Waals surface area (Å²) in [6, 6.07) is 27.7. The van der Waals surface area contributed by atoms with Crippen LogP contribution in [0, 0.1) is 0 Å². The van der Waals surface area contributed by atoms with Crippen LogP contribution in [0.15, 0.2) is 78.9 Å². The molecule has 0 heterocycles. The Morgan fingerprint density at radius 2 is 1.38 bits per heavy atom. The first-order chi connectivity index (χ1) is 11.8. The van der Waals surface area contributed by atoms with Crippen LogP contribution in [0.25, 0.3) is 33.2 Å². The third-order valence-corrected chi connectivity index (χ3v) is 5.05. The Balaban J connectivity index is 1.83. The van der Waals surface area contributed by atoms with E-state index < -0.39 is 0 Å². The second-order valence-corrected chi connectivity index (χ2v) is 6.40. The van der Waals surface area contributed by atoms with E-state index in [-0.39, 0.29) is 6.04 Å². The Morgan fingerprint density at radius 1 is 0.667 bits per heavy atom. The monoisotopic (exact) mass is 307 g/mol. The normalized spacial score (nSPS) is 16.4. The molecule has 0 aliphatic heterocycles. The molecule has 24 heavy (non-hydrogen) atoms. The maximum atomic E-state index is 6.70. The minimum Gasteiger partial charge on any atom is -0.320 e. The molecule has 5 rings (SSSR count). The zero-order valence-electron chi connectivity index (χ0n) is 13.2. The number of hydrogen-bond acceptors (Lipinski definition) is 1. The minimum atomic E-state index is -0.102. The fraction of sp³-hybridized carbons (Fsp3) is 0.0435. The molecule has 0 saturated carbocycles. The number of hydrogen-bond donors (Lipinski definition) is 1. The van der Waals surface area contributed by atoms with Gasteiger partial charge in [0.2, 0.25) is 0 Å². The standard InChI is InChI=1S/C23H17N/c24-23-20-13-5-9-16-8-3-10-17(22(16)20)14-21(23)19-12-4-7-15-6-1-2-11-18(15)19/h1-14,23H,24H2. The van der Waals surface area contributed by atoms with Crippen LogP contribution in [0.3, 0.4) is 0 Å². The van der Waals surface area contributed by atoms with Crippen LogP contribution in [0.2, 0.25) is 0 Å². The van der Waals surface area contributed by atoms with Crippen molar-refractivity contribution in [1.82, 2.24) is 0 Å². The van der Waals surface area contributed by atoms with Crippen molar-refractivity contribution in [2.75, 3.05) is 0 Å². The van der Waals surface area contributed by atoms with Gasteiger partial charge in [0, 0.05) is 0 Å². The van der Waals surface area contributed by atoms with Crippen molar-refractivity contribution in [1.29, 1.82) is 0 Å². The van der Waals surface area contributed by atoms with Gasteiger partial charge in [-0.25, -0.2) is 0 Å². The highest BCUT2D eigenvalue weighted by atomic mass is 14.6. The first kappa shape index (κ1) is 13.5. The van der Waals surface area contributed by atoms with Crippen LogP contribution in [-0.2, 0) is 0 Å². The molecule has 1 aliphatic rings. The van der Waals surface area contributed by atoms with Crippen LogP contribution < -0.4 is 5.73 Å². The number of fused-ring (bicyclic) bond motifs is 1. The Kier molecular flexibility index (Phi) is 2.85. The molecular weight excluding hydrogens is 290 g/mol. The van der Waals surface area contributed by atoms with Crippen molar-refractivity contribution < 1.29 is 0 Å². The van der Waals surface area contributed by atoms with Crippen molar-refractivity contribution in [3.8, 4) is 0 Å². The Morgan fingerprint density at radius 3 is 2.29 bits per heavy atom. The molecule has 0 radical (unpaired) electrons. The van der Waals surface area contributed by atoms with E-state index in [9.17, 15) is 0 Å². The van der Waals surface area contributed by atoms with Gasteiger partial charge >= 0.3 is 0 Å². The molecule has 4 aromatic carbocycles. The summed E-state index contributed by atoms with van der Waals surface area (Å²) in [4.78, 5) is 0. The van der Waals surface area contributed by atoms with E-state index in [0.717, 1.165) is 0 Å². The molecule has 0 spiro atoms. The fourth-order valence-corrected chi connectivity index (χ4v) is 3.93. The Bertz CT molecular complexity index is 1110. The summed E-state index contributed by atoms with van der Waals surface area (Å²) in [5.74, 6) is 0. The highest BCUT2D eigenvalue weighted by Gasteiger charge is 2.23. The summed E-state index contributed by atoms with van der Waals surface area (Å²) in [6.07, 6.45) is 2.27. The summed E-state index contributed by atoms with van der Waals surface area (Å²) >= 11 is 0. The SMILES string of the molecule is NC1C(c2cccc3ccccc23)=Cc2cccc3cccc1c23. The van der Waals surface area contributed by atoms with E-state index in [1.165, 1.54) is 43.8 Å². The van der Waals surface area contributed by atoms with Gasteiger partial charge in [-0.3, -0.25) is 0 Å². The van der Waals surface area contributed by atoms with Crippen LogP contribution in [-0.4, -0.2) is 0 Å². The minimum absolute atomic E-state index is 0.102. The molecule has 114 valence electrons. The summed E-state index contributed by atoms with van der Waals surface area (Å²) in [5, 5.41) is 5.05. The Hall–Kier alpha value is -2.90. The smallest absolute Gasteiger partial charge is 0.0564 e. The van der Waals surface area contributed by atoms with Gasteiger partial charge in [0.05, 0.1) is 6.04 Å². The molecule has 0 fully saturated rings. The van der Waals surface area contributed by atoms with Gasteiger partial charge in [0.15, 0.2) is 0 Å². The van der Waals surface area contributed by atoms with Crippen molar-refractivity contribution >= 4 is 33.2 Å². The highest BCUT2D eigenvalue weighted by Crippen LogP contribution is 2.42. The predicted octanol–water partition coefficient (Wildman–Crippen LogP) is 5.55. The van der Waals surface area contributed by atoms with E-state index >= 15 is 0 Å². The lowest BCUT2D eigenvalue weighted by Crippen LogP contribution is -2.16. The molecule has 1 atom stereocenters. The van der Waals surface area contributed by atoms with Crippen molar-refractivity contribution in [2.24, 2.45) is 5.73 Å². The topological polar surface area (TPSA) is 26.0 Å². The molecular formula is C23H17N. The molecule has 0 amide bonds. The molecule has 1 heteroatoms. The first-order valence-corrected chi connectivity index (χ1v) is 8.30. The second-order valence-electron chi connectivity index (χ2n) is 6.40. The maximum absolute atomic E-state index is 6.70. The van der Waals surface area contributed by atoms with Gasteiger partial charge in [0.1, 0.15) is 0 Å². The van der Waals surface area contributed by atoms with Gasteiger partial charge in [0.25, 0.3) is 0 Å². The van der Waals surface area contributed by atoms with Crippen LogP contribution in [0.5, 0.6) is 0 Å². The first-order valence-electron chi connectivity index (χ1n) is 8.30. The van der Waals surface area contributed by atoms with E-state index in [1.807, 2.05) is 0 Å². The van der Waals surface area contributed by atoms with Gasteiger partial charge < -0.3 is 5.73 Å². The van der Waals surface area contributed by atoms with Gasteiger partial charge in [-0.2, -0.15) is 0 Å². The third-order valence-electron chi connectivity index (χ3n) is 5.05. The lowest BCUT2D eigenvalue weighted by atomic mass is 9.82. The average molecular weight is 307 g/mol. The molecule has 1 nitrogen and oxygen atoms in total. The van der Waals surface area contributed by atoms with Gasteiger partial charge in [-0.15, -0.1) is 0 Å². The number of nitrogens with two attached hydrogens (primary N) is 1. The lowest BCUT2D eigenvalue weighted by Gasteiger charge is -2.25. The molecule has 2 N–H and O–H groups in total. The summed E-state index contributed by atoms with van der Waals surface area (Å²) < 4.78 is 0. The van der Waals surface area contributed by atoms with E-state index in [0.29, 0.717) is 0 Å². The number of benzene rings is 4. The molecule has 1 aliphatic carbocycles. The van der Waals surface area contributed by atoms with Gasteiger partial charge in [-0.05, 0) is 49.9 Å². The summed E-state index contributed by atoms with van der Waals surface area (Å²) in [6.45, 7) is 0. The summed E-state index contributed by atoms with van der Waals surface area (Å²) in [7, 11) is 0. The van der Waals surface area contributed by atoms with Crippen molar-refractivity contribution in [3.63, 3.8) is 0 Å². The van der Waals surface area contributed by atoms with Crippen molar-refractivity contribution in [2.45, 2.75) is 6.04 Å². The zero-order chi connectivity index (χ0) is 16.1.